The zero-order chi connectivity index (χ0) is 21.7. The highest BCUT2D eigenvalue weighted by atomic mass is 16.2. The van der Waals surface area contributed by atoms with Crippen molar-refractivity contribution in [2.24, 2.45) is 0 Å². The van der Waals surface area contributed by atoms with Crippen molar-refractivity contribution >= 4 is 11.8 Å². The Morgan fingerprint density at radius 3 is 2.73 bits per heavy atom. The summed E-state index contributed by atoms with van der Waals surface area (Å²) in [6.07, 6.45) is 3.27. The van der Waals surface area contributed by atoms with Gasteiger partial charge in [-0.25, -0.2) is 0 Å². The van der Waals surface area contributed by atoms with Gasteiger partial charge in [0.1, 0.15) is 12.2 Å². The van der Waals surface area contributed by atoms with Gasteiger partial charge in [-0.3, -0.25) is 14.3 Å². The van der Waals surface area contributed by atoms with E-state index in [1.807, 2.05) is 48.0 Å². The summed E-state index contributed by atoms with van der Waals surface area (Å²) >= 11 is 0. The summed E-state index contributed by atoms with van der Waals surface area (Å²) in [5.74, 6) is -0.324. The minimum atomic E-state index is -0.171. The van der Waals surface area contributed by atoms with E-state index >= 15 is 0 Å². The summed E-state index contributed by atoms with van der Waals surface area (Å²) in [6.45, 7) is 5.04. The highest BCUT2D eigenvalue weighted by Gasteiger charge is 2.34. The van der Waals surface area contributed by atoms with Crippen LogP contribution in [-0.2, 0) is 4.79 Å². The first-order chi connectivity index (χ1) is 14.4. The Balaban J connectivity index is 1.86. The van der Waals surface area contributed by atoms with Gasteiger partial charge < -0.3 is 9.80 Å². The normalized spacial score (nSPS) is 15.6. The Morgan fingerprint density at radius 1 is 1.33 bits per heavy atom. The number of nitrogens with zero attached hydrogens (tertiary/aromatic N) is 5. The Hall–Kier alpha value is -3.14. The highest BCUT2D eigenvalue weighted by Crippen LogP contribution is 2.29. The SMILES string of the molecule is CCCCC1CN(CC(=O)N(C)CCC#N)C(=O)c2cc(-c3ccc(C)cc3)nn21. The van der Waals surface area contributed by atoms with Crippen molar-refractivity contribution < 1.29 is 9.59 Å². The Morgan fingerprint density at radius 2 is 2.07 bits per heavy atom. The van der Waals surface area contributed by atoms with Crippen LogP contribution in [0, 0.1) is 18.3 Å². The van der Waals surface area contributed by atoms with Crippen LogP contribution in [0.15, 0.2) is 30.3 Å². The second-order valence-electron chi connectivity index (χ2n) is 7.93. The topological polar surface area (TPSA) is 82.2 Å². The molecule has 30 heavy (non-hydrogen) atoms. The molecule has 1 aliphatic rings. The second kappa shape index (κ2) is 9.57. The van der Waals surface area contributed by atoms with E-state index in [0.717, 1.165) is 30.5 Å². The molecule has 0 aliphatic carbocycles. The highest BCUT2D eigenvalue weighted by molar-refractivity contribution is 5.96. The number of amides is 2. The number of likely N-dealkylation sites (N-methyl/N-ethyl adjacent to an activating group) is 1. The van der Waals surface area contributed by atoms with Crippen LogP contribution in [0.5, 0.6) is 0 Å². The maximum atomic E-state index is 13.1. The van der Waals surface area contributed by atoms with Crippen molar-refractivity contribution in [3.8, 4) is 17.3 Å². The third kappa shape index (κ3) is 4.70. The number of rotatable bonds is 8. The molecule has 0 bridgehead atoms. The molecule has 1 aliphatic heterocycles. The first-order valence-electron chi connectivity index (χ1n) is 10.5. The van der Waals surface area contributed by atoms with Crippen LogP contribution >= 0.6 is 0 Å². The van der Waals surface area contributed by atoms with Crippen LogP contribution < -0.4 is 0 Å². The lowest BCUT2D eigenvalue weighted by atomic mass is 10.1. The smallest absolute Gasteiger partial charge is 0.272 e. The fraction of sp³-hybridized carbons (Fsp3) is 0.478. The Labute approximate surface area is 177 Å². The molecule has 1 aromatic heterocycles. The molecule has 0 fully saturated rings. The Bertz CT molecular complexity index is 941. The molecule has 1 unspecified atom stereocenters. The molecule has 1 atom stereocenters. The molecule has 0 N–H and O–H groups in total. The second-order valence-corrected chi connectivity index (χ2v) is 7.93. The first-order valence-corrected chi connectivity index (χ1v) is 10.5. The largest absolute Gasteiger partial charge is 0.343 e. The fourth-order valence-corrected chi connectivity index (χ4v) is 3.69. The van der Waals surface area contributed by atoms with Gasteiger partial charge in [0.2, 0.25) is 5.91 Å². The Kier molecular flexibility index (Phi) is 6.88. The zero-order valence-electron chi connectivity index (χ0n) is 18.0. The van der Waals surface area contributed by atoms with Crippen LogP contribution in [0.4, 0.5) is 0 Å². The lowest BCUT2D eigenvalue weighted by Gasteiger charge is -2.34. The molecule has 1 aromatic carbocycles. The number of unbranched alkanes of at least 4 members (excludes halogenated alkanes) is 1. The van der Waals surface area contributed by atoms with Gasteiger partial charge in [-0.05, 0) is 19.4 Å². The maximum Gasteiger partial charge on any atom is 0.272 e. The number of hydrogen-bond acceptors (Lipinski definition) is 4. The molecule has 2 aromatic rings. The van der Waals surface area contributed by atoms with Crippen molar-refractivity contribution in [1.82, 2.24) is 19.6 Å². The van der Waals surface area contributed by atoms with Gasteiger partial charge in [0.05, 0.1) is 24.2 Å². The summed E-state index contributed by atoms with van der Waals surface area (Å²) in [4.78, 5) is 28.8. The third-order valence-electron chi connectivity index (χ3n) is 5.57. The van der Waals surface area contributed by atoms with Gasteiger partial charge >= 0.3 is 0 Å². The zero-order valence-corrected chi connectivity index (χ0v) is 18.0. The van der Waals surface area contributed by atoms with Crippen LogP contribution in [0.3, 0.4) is 0 Å². The van der Waals surface area contributed by atoms with E-state index < -0.39 is 0 Å². The summed E-state index contributed by atoms with van der Waals surface area (Å²) < 4.78 is 1.85. The molecule has 3 rings (SSSR count). The molecule has 0 radical (unpaired) electrons. The van der Waals surface area contributed by atoms with Gasteiger partial charge in [-0.15, -0.1) is 0 Å². The van der Waals surface area contributed by atoms with E-state index in [9.17, 15) is 9.59 Å². The number of carbonyl (C=O) groups is 2. The molecule has 7 nitrogen and oxygen atoms in total. The minimum absolute atomic E-state index is 0.0223. The standard InChI is InChI=1S/C23H29N5O2/c1-4-5-7-19-15-27(16-22(29)26(3)13-6-12-24)23(30)21-14-20(25-28(19)21)18-10-8-17(2)9-11-18/h8-11,14,19H,4-7,13,15-16H2,1-3H3. The van der Waals surface area contributed by atoms with Crippen LogP contribution in [-0.4, -0.2) is 58.1 Å². The van der Waals surface area contributed by atoms with Crippen LogP contribution in [0.1, 0.15) is 54.7 Å². The van der Waals surface area contributed by atoms with Crippen molar-refractivity contribution in [3.63, 3.8) is 0 Å². The number of aryl methyl sites for hydroxylation is 1. The molecule has 0 saturated heterocycles. The summed E-state index contributed by atoms with van der Waals surface area (Å²) in [7, 11) is 1.67. The minimum Gasteiger partial charge on any atom is -0.343 e. The molecule has 0 saturated carbocycles. The molecule has 158 valence electrons. The first kappa shape index (κ1) is 21.6. The average Bonchev–Trinajstić information content (AvgIpc) is 3.19. The molecule has 2 amide bonds. The number of hydrogen-bond donors (Lipinski definition) is 0. The third-order valence-corrected chi connectivity index (χ3v) is 5.57. The van der Waals surface area contributed by atoms with Crippen molar-refractivity contribution in [3.05, 3.63) is 41.6 Å². The fourth-order valence-electron chi connectivity index (χ4n) is 3.69. The monoisotopic (exact) mass is 407 g/mol. The van der Waals surface area contributed by atoms with E-state index in [1.54, 1.807) is 11.9 Å². The van der Waals surface area contributed by atoms with E-state index in [1.165, 1.54) is 10.5 Å². The summed E-state index contributed by atoms with van der Waals surface area (Å²) in [6, 6.07) is 12.0. The number of fused-ring (bicyclic) bond motifs is 1. The number of aromatic nitrogens is 2. The number of nitriles is 1. The molecular formula is C23H29N5O2. The molecule has 2 heterocycles. The van der Waals surface area contributed by atoms with E-state index in [0.29, 0.717) is 18.8 Å². The quantitative estimate of drug-likeness (QED) is 0.671. The predicted octanol–water partition coefficient (Wildman–Crippen LogP) is 3.42. The molecular weight excluding hydrogens is 378 g/mol. The van der Waals surface area contributed by atoms with Crippen LogP contribution in [0.2, 0.25) is 0 Å². The molecule has 0 spiro atoms. The average molecular weight is 408 g/mol. The number of benzene rings is 1. The van der Waals surface area contributed by atoms with E-state index in [4.69, 9.17) is 10.4 Å². The van der Waals surface area contributed by atoms with E-state index in [-0.39, 0.29) is 30.8 Å². The lowest BCUT2D eigenvalue weighted by molar-refractivity contribution is -0.130. The van der Waals surface area contributed by atoms with Gasteiger partial charge in [0.25, 0.3) is 5.91 Å². The predicted molar refractivity (Wildman–Crippen MR) is 115 cm³/mol. The lowest BCUT2D eigenvalue weighted by Crippen LogP contribution is -2.48. The van der Waals surface area contributed by atoms with Crippen molar-refractivity contribution in [2.45, 2.75) is 45.6 Å². The molecule has 7 heteroatoms. The summed E-state index contributed by atoms with van der Waals surface area (Å²) in [5, 5.41) is 13.5. The van der Waals surface area contributed by atoms with Crippen molar-refractivity contribution in [1.29, 1.82) is 5.26 Å². The van der Waals surface area contributed by atoms with Crippen molar-refractivity contribution in [2.75, 3.05) is 26.7 Å². The summed E-state index contributed by atoms with van der Waals surface area (Å²) in [5.41, 5.74) is 3.46. The van der Waals surface area contributed by atoms with Crippen LogP contribution in [0.25, 0.3) is 11.3 Å². The van der Waals surface area contributed by atoms with Gasteiger partial charge in [0.15, 0.2) is 0 Å². The maximum absolute atomic E-state index is 13.1. The number of carbonyl (C=O) groups excluding carboxylic acids is 2. The van der Waals surface area contributed by atoms with Gasteiger partial charge in [-0.1, -0.05) is 49.6 Å². The van der Waals surface area contributed by atoms with E-state index in [2.05, 4.69) is 6.92 Å². The van der Waals surface area contributed by atoms with Gasteiger partial charge in [-0.2, -0.15) is 10.4 Å². The van der Waals surface area contributed by atoms with Gasteiger partial charge in [0, 0.05) is 25.7 Å².